The lowest BCUT2D eigenvalue weighted by Gasteiger charge is -2.13. The van der Waals surface area contributed by atoms with Crippen molar-refractivity contribution in [2.75, 3.05) is 6.54 Å². The summed E-state index contributed by atoms with van der Waals surface area (Å²) >= 11 is 3.42. The van der Waals surface area contributed by atoms with Crippen LogP contribution in [0.2, 0.25) is 0 Å². The Morgan fingerprint density at radius 1 is 1.26 bits per heavy atom. The summed E-state index contributed by atoms with van der Waals surface area (Å²) in [5.74, 6) is 0.945. The maximum Gasteiger partial charge on any atom is 0.117 e. The van der Waals surface area contributed by atoms with Gasteiger partial charge in [-0.2, -0.15) is 0 Å². The van der Waals surface area contributed by atoms with Gasteiger partial charge < -0.3 is 14.5 Å². The predicted octanol–water partition coefficient (Wildman–Crippen LogP) is 3.74. The van der Waals surface area contributed by atoms with Gasteiger partial charge >= 0.3 is 0 Å². The van der Waals surface area contributed by atoms with Gasteiger partial charge in [-0.15, -0.1) is 0 Å². The van der Waals surface area contributed by atoms with Gasteiger partial charge in [0.2, 0.25) is 0 Å². The van der Waals surface area contributed by atoms with Crippen LogP contribution in [-0.2, 0) is 17.9 Å². The third kappa shape index (κ3) is 5.19. The van der Waals surface area contributed by atoms with Crippen molar-refractivity contribution >= 4 is 15.9 Å². The molecule has 102 valence electrons. The van der Waals surface area contributed by atoms with Gasteiger partial charge in [-0.25, -0.2) is 0 Å². The van der Waals surface area contributed by atoms with E-state index in [0.717, 1.165) is 23.3 Å². The number of benzene rings is 1. The molecule has 0 saturated heterocycles. The minimum Gasteiger partial charge on any atom is -0.468 e. The quantitative estimate of drug-likeness (QED) is 0.842. The van der Waals surface area contributed by atoms with Crippen LogP contribution in [0.3, 0.4) is 0 Å². The Hall–Kier alpha value is -1.10. The Morgan fingerprint density at radius 3 is 2.74 bits per heavy atom. The highest BCUT2D eigenvalue weighted by Crippen LogP contribution is 2.11. The molecule has 1 aromatic heterocycles. The molecule has 3 nitrogen and oxygen atoms in total. The van der Waals surface area contributed by atoms with Gasteiger partial charge in [-0.1, -0.05) is 28.1 Å². The highest BCUT2D eigenvalue weighted by atomic mass is 79.9. The summed E-state index contributed by atoms with van der Waals surface area (Å²) < 4.78 is 12.1. The second kappa shape index (κ2) is 7.48. The lowest BCUT2D eigenvalue weighted by molar-refractivity contribution is 0.0527. The molecule has 0 aliphatic rings. The second-order valence-electron chi connectivity index (χ2n) is 4.46. The molecule has 0 amide bonds. The van der Waals surface area contributed by atoms with E-state index >= 15 is 0 Å². The molecule has 4 heteroatoms. The predicted molar refractivity (Wildman–Crippen MR) is 78.8 cm³/mol. The van der Waals surface area contributed by atoms with Crippen molar-refractivity contribution in [2.24, 2.45) is 0 Å². The summed E-state index contributed by atoms with van der Waals surface area (Å²) in [6.45, 7) is 4.24. The zero-order valence-corrected chi connectivity index (χ0v) is 12.5. The molecule has 0 saturated carbocycles. The maximum absolute atomic E-state index is 5.78. The minimum atomic E-state index is 0.165. The Balaban J connectivity index is 1.64. The van der Waals surface area contributed by atoms with Crippen LogP contribution < -0.4 is 5.32 Å². The number of furan rings is 1. The van der Waals surface area contributed by atoms with Crippen molar-refractivity contribution in [3.63, 3.8) is 0 Å². The van der Waals surface area contributed by atoms with Crippen molar-refractivity contribution in [1.82, 2.24) is 5.32 Å². The van der Waals surface area contributed by atoms with Crippen LogP contribution in [-0.4, -0.2) is 12.6 Å². The van der Waals surface area contributed by atoms with Crippen molar-refractivity contribution in [1.29, 1.82) is 0 Å². The molecule has 1 N–H and O–H groups in total. The summed E-state index contributed by atoms with van der Waals surface area (Å²) in [6, 6.07) is 12.0. The Labute approximate surface area is 122 Å². The SMILES string of the molecule is CC(CNCc1ccco1)OCc1ccc(Br)cc1. The first kappa shape index (κ1) is 14.3. The van der Waals surface area contributed by atoms with E-state index in [1.54, 1.807) is 6.26 Å². The maximum atomic E-state index is 5.78. The summed E-state index contributed by atoms with van der Waals surface area (Å²) in [5, 5.41) is 3.31. The Morgan fingerprint density at radius 2 is 2.05 bits per heavy atom. The number of hydrogen-bond acceptors (Lipinski definition) is 3. The molecule has 0 fully saturated rings. The number of ether oxygens (including phenoxy) is 1. The second-order valence-corrected chi connectivity index (χ2v) is 5.37. The molecular weight excluding hydrogens is 306 g/mol. The highest BCUT2D eigenvalue weighted by Gasteiger charge is 2.03. The fourth-order valence-electron chi connectivity index (χ4n) is 1.69. The first-order chi connectivity index (χ1) is 9.24. The van der Waals surface area contributed by atoms with Crippen molar-refractivity contribution in [2.45, 2.75) is 26.2 Å². The molecule has 1 heterocycles. The van der Waals surface area contributed by atoms with Gasteiger partial charge in [-0.3, -0.25) is 0 Å². The largest absolute Gasteiger partial charge is 0.468 e. The molecule has 0 radical (unpaired) electrons. The highest BCUT2D eigenvalue weighted by molar-refractivity contribution is 9.10. The number of rotatable bonds is 7. The topological polar surface area (TPSA) is 34.4 Å². The molecule has 2 rings (SSSR count). The number of nitrogens with one attached hydrogen (secondary N) is 1. The van der Waals surface area contributed by atoms with E-state index in [4.69, 9.17) is 9.15 Å². The minimum absolute atomic E-state index is 0.165. The molecule has 0 bridgehead atoms. The molecule has 2 aromatic rings. The molecule has 1 atom stereocenters. The van der Waals surface area contributed by atoms with Crippen molar-refractivity contribution < 1.29 is 9.15 Å². The standard InChI is InChI=1S/C15H18BrNO2/c1-12(9-17-10-15-3-2-8-18-15)19-11-13-4-6-14(16)7-5-13/h2-8,12,17H,9-11H2,1H3. The van der Waals surface area contributed by atoms with Gasteiger partial charge in [0, 0.05) is 11.0 Å². The van der Waals surface area contributed by atoms with E-state index < -0.39 is 0 Å². The average molecular weight is 324 g/mol. The van der Waals surface area contributed by atoms with Crippen molar-refractivity contribution in [3.05, 3.63) is 58.5 Å². The van der Waals surface area contributed by atoms with Crippen LogP contribution >= 0.6 is 15.9 Å². The van der Waals surface area contributed by atoms with Gasteiger partial charge in [-0.05, 0) is 36.8 Å². The van der Waals surface area contributed by atoms with E-state index in [9.17, 15) is 0 Å². The van der Waals surface area contributed by atoms with Gasteiger partial charge in [0.25, 0.3) is 0 Å². The van der Waals surface area contributed by atoms with Gasteiger partial charge in [0.15, 0.2) is 0 Å². The monoisotopic (exact) mass is 323 g/mol. The molecule has 0 spiro atoms. The zero-order chi connectivity index (χ0) is 13.5. The fraction of sp³-hybridized carbons (Fsp3) is 0.333. The zero-order valence-electron chi connectivity index (χ0n) is 10.9. The van der Waals surface area contributed by atoms with Gasteiger partial charge in [0.1, 0.15) is 5.76 Å². The Bertz CT molecular complexity index is 467. The smallest absolute Gasteiger partial charge is 0.117 e. The van der Waals surface area contributed by atoms with E-state index in [1.165, 1.54) is 5.56 Å². The van der Waals surface area contributed by atoms with E-state index in [-0.39, 0.29) is 6.10 Å². The van der Waals surface area contributed by atoms with Crippen LogP contribution in [0, 0.1) is 0 Å². The number of halogens is 1. The molecular formula is C15H18BrNO2. The molecule has 1 unspecified atom stereocenters. The average Bonchev–Trinajstić information content (AvgIpc) is 2.91. The van der Waals surface area contributed by atoms with Crippen LogP contribution in [0.15, 0.2) is 51.6 Å². The van der Waals surface area contributed by atoms with Crippen LogP contribution in [0.25, 0.3) is 0 Å². The molecule has 19 heavy (non-hydrogen) atoms. The summed E-state index contributed by atoms with van der Waals surface area (Å²) in [6.07, 6.45) is 1.85. The Kier molecular flexibility index (Phi) is 5.63. The molecule has 0 aliphatic heterocycles. The first-order valence-electron chi connectivity index (χ1n) is 6.33. The lowest BCUT2D eigenvalue weighted by Crippen LogP contribution is -2.26. The van der Waals surface area contributed by atoms with Crippen LogP contribution in [0.1, 0.15) is 18.2 Å². The van der Waals surface area contributed by atoms with E-state index in [1.807, 2.05) is 24.3 Å². The van der Waals surface area contributed by atoms with E-state index in [0.29, 0.717) is 6.61 Å². The number of hydrogen-bond donors (Lipinski definition) is 1. The third-order valence-electron chi connectivity index (χ3n) is 2.76. The van der Waals surface area contributed by atoms with Crippen LogP contribution in [0.5, 0.6) is 0 Å². The summed E-state index contributed by atoms with van der Waals surface area (Å²) in [5.41, 5.74) is 1.18. The normalized spacial score (nSPS) is 12.5. The van der Waals surface area contributed by atoms with Crippen molar-refractivity contribution in [3.8, 4) is 0 Å². The molecule has 1 aromatic carbocycles. The first-order valence-corrected chi connectivity index (χ1v) is 7.12. The molecule has 0 aliphatic carbocycles. The summed E-state index contributed by atoms with van der Waals surface area (Å²) in [7, 11) is 0. The fourth-order valence-corrected chi connectivity index (χ4v) is 1.95. The third-order valence-corrected chi connectivity index (χ3v) is 3.29. The lowest BCUT2D eigenvalue weighted by atomic mass is 10.2. The van der Waals surface area contributed by atoms with Gasteiger partial charge in [0.05, 0.1) is 25.5 Å². The summed E-state index contributed by atoms with van der Waals surface area (Å²) in [4.78, 5) is 0. The van der Waals surface area contributed by atoms with Crippen LogP contribution in [0.4, 0.5) is 0 Å². The van der Waals surface area contributed by atoms with E-state index in [2.05, 4.69) is 40.3 Å².